The third kappa shape index (κ3) is 3.92. The summed E-state index contributed by atoms with van der Waals surface area (Å²) in [5.74, 6) is 2.40. The molecule has 2 aromatic carbocycles. The molecule has 0 aromatic heterocycles. The van der Waals surface area contributed by atoms with E-state index >= 15 is 0 Å². The predicted octanol–water partition coefficient (Wildman–Crippen LogP) is 5.27. The zero-order valence-electron chi connectivity index (χ0n) is 20.4. The lowest BCUT2D eigenvalue weighted by Gasteiger charge is -2.48. The molecule has 2 N–H and O–H groups in total. The lowest BCUT2D eigenvalue weighted by Crippen LogP contribution is -2.52. The Morgan fingerprint density at radius 3 is 2.63 bits per heavy atom. The molecule has 1 fully saturated rings. The van der Waals surface area contributed by atoms with Gasteiger partial charge in [-0.2, -0.15) is 0 Å². The summed E-state index contributed by atoms with van der Waals surface area (Å²) in [6, 6.07) is 11.1. The van der Waals surface area contributed by atoms with Crippen LogP contribution in [0.2, 0.25) is 0 Å². The molecular weight excluding hydrogens is 436 g/mol. The van der Waals surface area contributed by atoms with Crippen LogP contribution in [0, 0.1) is 11.8 Å². The van der Waals surface area contributed by atoms with Crippen LogP contribution in [0.15, 0.2) is 78.2 Å². The van der Waals surface area contributed by atoms with Crippen molar-refractivity contribution >= 4 is 16.5 Å². The second-order valence-electron chi connectivity index (χ2n) is 10.00. The molecule has 2 aromatic rings. The minimum atomic E-state index is -0.362. The SMILES string of the molecule is COC1=CCC(C2(C3C=C(N)C=CC3)CCc3c(cc(N4CCOCC4)c4ccccc34)O2)C=C1. The van der Waals surface area contributed by atoms with Gasteiger partial charge in [-0.15, -0.1) is 0 Å². The van der Waals surface area contributed by atoms with Crippen molar-refractivity contribution in [2.75, 3.05) is 38.3 Å². The monoisotopic (exact) mass is 470 g/mol. The Morgan fingerprint density at radius 1 is 1.06 bits per heavy atom. The molecule has 5 nitrogen and oxygen atoms in total. The molecular formula is C30H34N2O3. The number of nitrogens with zero attached hydrogens (tertiary/aromatic N) is 1. The maximum Gasteiger partial charge on any atom is 0.126 e. The highest BCUT2D eigenvalue weighted by atomic mass is 16.5. The summed E-state index contributed by atoms with van der Waals surface area (Å²) in [5.41, 5.74) is 9.34. The standard InChI is InChI=1S/C30H34N2O3/c1-33-24-11-9-21(10-12-24)30(22-5-4-6-23(31)19-22)14-13-27-25-7-2-3-8-26(25)28(20-29(27)35-30)32-15-17-34-18-16-32/h2-4,6-9,11-12,19-22H,5,10,13-18,31H2,1H3. The van der Waals surface area contributed by atoms with Gasteiger partial charge in [0.15, 0.2) is 0 Å². The van der Waals surface area contributed by atoms with E-state index in [1.807, 2.05) is 6.08 Å². The Kier molecular flexibility index (Phi) is 5.81. The van der Waals surface area contributed by atoms with Crippen LogP contribution in [-0.4, -0.2) is 39.0 Å². The zero-order chi connectivity index (χ0) is 23.8. The summed E-state index contributed by atoms with van der Waals surface area (Å²) in [6.07, 6.45) is 16.8. The Balaban J connectivity index is 1.46. The van der Waals surface area contributed by atoms with E-state index in [0.29, 0.717) is 0 Å². The smallest absolute Gasteiger partial charge is 0.126 e. The summed E-state index contributed by atoms with van der Waals surface area (Å²) in [6.45, 7) is 3.32. The van der Waals surface area contributed by atoms with Gasteiger partial charge < -0.3 is 24.8 Å². The maximum absolute atomic E-state index is 7.24. The molecule has 2 aliphatic carbocycles. The Labute approximate surface area is 207 Å². The van der Waals surface area contributed by atoms with Crippen molar-refractivity contribution < 1.29 is 14.2 Å². The number of nitrogens with two attached hydrogens (primary N) is 1. The van der Waals surface area contributed by atoms with Crippen LogP contribution in [0.1, 0.15) is 24.8 Å². The summed E-state index contributed by atoms with van der Waals surface area (Å²) in [5, 5.41) is 2.61. The molecule has 5 heteroatoms. The van der Waals surface area contributed by atoms with Crippen molar-refractivity contribution in [1.29, 1.82) is 0 Å². The first-order chi connectivity index (χ1) is 17.2. The summed E-state index contributed by atoms with van der Waals surface area (Å²) >= 11 is 0. The fourth-order valence-corrected chi connectivity index (χ4v) is 6.34. The number of ether oxygens (including phenoxy) is 3. The second-order valence-corrected chi connectivity index (χ2v) is 10.00. The molecule has 0 saturated carbocycles. The molecule has 3 unspecified atom stereocenters. The minimum Gasteiger partial charge on any atom is -0.497 e. The Morgan fingerprint density at radius 2 is 1.89 bits per heavy atom. The van der Waals surface area contributed by atoms with Crippen LogP contribution >= 0.6 is 0 Å². The second kappa shape index (κ2) is 9.12. The van der Waals surface area contributed by atoms with Crippen molar-refractivity contribution in [1.82, 2.24) is 0 Å². The average Bonchev–Trinajstić information content (AvgIpc) is 2.93. The van der Waals surface area contributed by atoms with Gasteiger partial charge in [0.25, 0.3) is 0 Å². The van der Waals surface area contributed by atoms with E-state index in [1.54, 1.807) is 7.11 Å². The Hall–Kier alpha value is -3.18. The lowest BCUT2D eigenvalue weighted by atomic mass is 9.67. The van der Waals surface area contributed by atoms with Gasteiger partial charge in [-0.25, -0.2) is 0 Å². The number of aryl methyl sites for hydroxylation is 1. The van der Waals surface area contributed by atoms with Gasteiger partial charge in [-0.05, 0) is 49.3 Å². The van der Waals surface area contributed by atoms with Gasteiger partial charge in [0, 0.05) is 53.3 Å². The number of fused-ring (bicyclic) bond motifs is 3. The number of benzene rings is 2. The van der Waals surface area contributed by atoms with Crippen molar-refractivity contribution in [3.63, 3.8) is 0 Å². The number of allylic oxidation sites excluding steroid dienone is 4. The molecule has 0 spiro atoms. The van der Waals surface area contributed by atoms with E-state index < -0.39 is 0 Å². The highest BCUT2D eigenvalue weighted by molar-refractivity contribution is 5.98. The number of anilines is 1. The van der Waals surface area contributed by atoms with Crippen molar-refractivity contribution in [2.45, 2.75) is 31.3 Å². The lowest BCUT2D eigenvalue weighted by molar-refractivity contribution is -0.0302. The first kappa shape index (κ1) is 22.3. The van der Waals surface area contributed by atoms with Gasteiger partial charge in [0.1, 0.15) is 17.1 Å². The quantitative estimate of drug-likeness (QED) is 0.660. The highest BCUT2D eigenvalue weighted by Gasteiger charge is 2.48. The van der Waals surface area contributed by atoms with Crippen molar-refractivity contribution in [3.8, 4) is 5.75 Å². The van der Waals surface area contributed by atoms with Crippen LogP contribution in [0.3, 0.4) is 0 Å². The fourth-order valence-electron chi connectivity index (χ4n) is 6.34. The topological polar surface area (TPSA) is 57.0 Å². The largest absolute Gasteiger partial charge is 0.497 e. The highest BCUT2D eigenvalue weighted by Crippen LogP contribution is 2.50. The normalized spacial score (nSPS) is 28.2. The number of hydrogen-bond donors (Lipinski definition) is 1. The number of rotatable bonds is 4. The molecule has 4 aliphatic rings. The Bertz CT molecular complexity index is 1240. The molecule has 182 valence electrons. The molecule has 2 aliphatic heterocycles. The number of hydrogen-bond acceptors (Lipinski definition) is 5. The fraction of sp³-hybridized carbons (Fsp3) is 0.400. The minimum absolute atomic E-state index is 0.214. The van der Waals surface area contributed by atoms with Gasteiger partial charge in [-0.1, -0.05) is 42.5 Å². The molecule has 0 radical (unpaired) electrons. The first-order valence-electron chi connectivity index (χ1n) is 12.8. The van der Waals surface area contributed by atoms with Gasteiger partial charge in [0.2, 0.25) is 0 Å². The average molecular weight is 471 g/mol. The summed E-state index contributed by atoms with van der Waals surface area (Å²) < 4.78 is 18.4. The summed E-state index contributed by atoms with van der Waals surface area (Å²) in [7, 11) is 1.73. The third-order valence-electron chi connectivity index (χ3n) is 8.16. The number of methoxy groups -OCH3 is 1. The maximum atomic E-state index is 7.24. The van der Waals surface area contributed by atoms with Gasteiger partial charge >= 0.3 is 0 Å². The number of morpholine rings is 1. The van der Waals surface area contributed by atoms with E-state index in [2.05, 4.69) is 65.6 Å². The van der Waals surface area contributed by atoms with Crippen molar-refractivity contribution in [3.05, 3.63) is 83.8 Å². The van der Waals surface area contributed by atoms with E-state index in [4.69, 9.17) is 19.9 Å². The van der Waals surface area contributed by atoms with E-state index in [-0.39, 0.29) is 17.4 Å². The third-order valence-corrected chi connectivity index (χ3v) is 8.16. The molecule has 35 heavy (non-hydrogen) atoms. The van der Waals surface area contributed by atoms with Crippen LogP contribution in [0.25, 0.3) is 10.8 Å². The first-order valence-corrected chi connectivity index (χ1v) is 12.8. The summed E-state index contributed by atoms with van der Waals surface area (Å²) in [4.78, 5) is 2.45. The molecule has 2 heterocycles. The van der Waals surface area contributed by atoms with Crippen molar-refractivity contribution in [2.24, 2.45) is 17.6 Å². The van der Waals surface area contributed by atoms with E-state index in [0.717, 1.165) is 69.2 Å². The van der Waals surface area contributed by atoms with Crippen LogP contribution in [-0.2, 0) is 15.9 Å². The van der Waals surface area contributed by atoms with Crippen LogP contribution in [0.5, 0.6) is 5.75 Å². The molecule has 1 saturated heterocycles. The molecule has 0 bridgehead atoms. The predicted molar refractivity (Wildman–Crippen MR) is 141 cm³/mol. The molecule has 6 rings (SSSR count). The zero-order valence-corrected chi connectivity index (χ0v) is 20.4. The van der Waals surface area contributed by atoms with Crippen LogP contribution in [0.4, 0.5) is 5.69 Å². The molecule has 0 amide bonds. The van der Waals surface area contributed by atoms with E-state index in [9.17, 15) is 0 Å². The molecule has 3 atom stereocenters. The van der Waals surface area contributed by atoms with E-state index in [1.165, 1.54) is 22.0 Å². The van der Waals surface area contributed by atoms with Crippen LogP contribution < -0.4 is 15.4 Å². The van der Waals surface area contributed by atoms with Gasteiger partial charge in [-0.3, -0.25) is 0 Å². The van der Waals surface area contributed by atoms with Gasteiger partial charge in [0.05, 0.1) is 20.3 Å².